The van der Waals surface area contributed by atoms with Crippen LogP contribution in [-0.4, -0.2) is 48.6 Å². The van der Waals surface area contributed by atoms with Crippen LogP contribution in [0.25, 0.3) is 0 Å². The van der Waals surface area contributed by atoms with Crippen LogP contribution in [0.5, 0.6) is 0 Å². The summed E-state index contributed by atoms with van der Waals surface area (Å²) in [6, 6.07) is 0. The zero-order chi connectivity index (χ0) is 33.5. The van der Waals surface area contributed by atoms with Gasteiger partial charge in [-0.15, -0.1) is 0 Å². The molecule has 4 saturated carbocycles. The minimum absolute atomic E-state index is 0.0109. The van der Waals surface area contributed by atoms with Gasteiger partial charge >= 0.3 is 11.9 Å². The maximum atomic E-state index is 12.1. The van der Waals surface area contributed by atoms with E-state index in [1.165, 1.54) is 83.5 Å². The predicted molar refractivity (Wildman–Crippen MR) is 184 cm³/mol. The Balaban J connectivity index is 1.27. The normalized spacial score (nSPS) is 33.7. The molecule has 0 bridgehead atoms. The average Bonchev–Trinajstić information content (AvgIpc) is 3.38. The van der Waals surface area contributed by atoms with Gasteiger partial charge in [0.05, 0.1) is 37.6 Å². The van der Waals surface area contributed by atoms with E-state index < -0.39 is 25.2 Å². The van der Waals surface area contributed by atoms with E-state index in [0.29, 0.717) is 10.8 Å². The van der Waals surface area contributed by atoms with Gasteiger partial charge in [-0.3, -0.25) is 0 Å². The number of hydrogen-bond donors (Lipinski definition) is 2. The van der Waals surface area contributed by atoms with E-state index in [1.807, 2.05) is 0 Å². The van der Waals surface area contributed by atoms with E-state index in [4.69, 9.17) is 9.47 Å². The smallest absolute Gasteiger partial charge is 0.335 e. The van der Waals surface area contributed by atoms with E-state index in [2.05, 4.69) is 40.9 Å². The van der Waals surface area contributed by atoms with Crippen LogP contribution in [0, 0.1) is 58.2 Å². The summed E-state index contributed by atoms with van der Waals surface area (Å²) in [6.07, 6.45) is 21.3. The molecule has 0 saturated heterocycles. The molecule has 0 aromatic carbocycles. The molecule has 6 heteroatoms. The molecule has 2 N–H and O–H groups in total. The first-order valence-electron chi connectivity index (χ1n) is 18.8. The molecule has 46 heavy (non-hydrogen) atoms. The first-order valence-corrected chi connectivity index (χ1v) is 18.8. The molecule has 4 fully saturated rings. The van der Waals surface area contributed by atoms with Gasteiger partial charge in [0.15, 0.2) is 0 Å². The summed E-state index contributed by atoms with van der Waals surface area (Å²) in [6.45, 7) is 16.5. The first kappa shape index (κ1) is 37.2. The van der Waals surface area contributed by atoms with Crippen LogP contribution in [0.3, 0.4) is 0 Å². The number of aliphatic hydroxyl groups excluding tert-OH is 2. The fraction of sp³-hybridized carbons (Fsp3) is 0.850. The Morgan fingerprint density at radius 3 is 2.02 bits per heavy atom. The number of esters is 2. The summed E-state index contributed by atoms with van der Waals surface area (Å²) in [7, 11) is 0. The lowest BCUT2D eigenvalue weighted by Crippen LogP contribution is -2.53. The van der Waals surface area contributed by atoms with Crippen molar-refractivity contribution in [3.63, 3.8) is 0 Å². The maximum Gasteiger partial charge on any atom is 0.335 e. The number of carbonyl (C=O) groups is 2. The largest absolute Gasteiger partial charge is 0.462 e. The van der Waals surface area contributed by atoms with Gasteiger partial charge in [0, 0.05) is 5.92 Å². The van der Waals surface area contributed by atoms with Crippen molar-refractivity contribution in [3.8, 4) is 0 Å². The SMILES string of the molecule is C=C(CO)C(=O)OCC(CCC[C@H]1CC[C@@]2(C)C(CC[C@@H]3C2CC[C@@]2(C)C3CC[C@@H]2CCCCC(C)C)C1)COC(=O)C(=C)CO. The van der Waals surface area contributed by atoms with Crippen LogP contribution >= 0.6 is 0 Å². The molecule has 4 aliphatic rings. The van der Waals surface area contributed by atoms with Gasteiger partial charge in [0.25, 0.3) is 0 Å². The second-order valence-corrected chi connectivity index (χ2v) is 16.8. The topological polar surface area (TPSA) is 93.1 Å². The highest BCUT2D eigenvalue weighted by Crippen LogP contribution is 2.68. The number of rotatable bonds is 17. The maximum absolute atomic E-state index is 12.1. The molecule has 8 atom stereocenters. The van der Waals surface area contributed by atoms with E-state index in [9.17, 15) is 19.8 Å². The summed E-state index contributed by atoms with van der Waals surface area (Å²) < 4.78 is 10.7. The van der Waals surface area contributed by atoms with Crippen molar-refractivity contribution in [1.29, 1.82) is 0 Å². The van der Waals surface area contributed by atoms with Crippen LogP contribution in [-0.2, 0) is 19.1 Å². The van der Waals surface area contributed by atoms with Crippen molar-refractivity contribution >= 4 is 11.9 Å². The molecule has 0 aromatic heterocycles. The van der Waals surface area contributed by atoms with Gasteiger partial charge in [0.2, 0.25) is 0 Å². The molecule has 4 aliphatic carbocycles. The number of unbranched alkanes of at least 4 members (excludes halogenated alkanes) is 1. The molecule has 262 valence electrons. The highest BCUT2D eigenvalue weighted by Gasteiger charge is 2.59. The summed E-state index contributed by atoms with van der Waals surface area (Å²) in [4.78, 5) is 24.2. The summed E-state index contributed by atoms with van der Waals surface area (Å²) in [5.74, 6) is 4.71. The molecule has 3 unspecified atom stereocenters. The fourth-order valence-corrected chi connectivity index (χ4v) is 10.8. The van der Waals surface area contributed by atoms with Crippen LogP contribution in [0.15, 0.2) is 24.3 Å². The van der Waals surface area contributed by atoms with E-state index in [-0.39, 0.29) is 30.3 Å². The van der Waals surface area contributed by atoms with E-state index >= 15 is 0 Å². The van der Waals surface area contributed by atoms with E-state index in [1.54, 1.807) is 0 Å². The van der Waals surface area contributed by atoms with E-state index in [0.717, 1.165) is 60.7 Å². The van der Waals surface area contributed by atoms with Gasteiger partial charge in [-0.2, -0.15) is 0 Å². The van der Waals surface area contributed by atoms with Crippen LogP contribution in [0.2, 0.25) is 0 Å². The van der Waals surface area contributed by atoms with Crippen molar-refractivity contribution in [2.45, 2.75) is 130 Å². The Hall–Kier alpha value is -1.66. The fourth-order valence-electron chi connectivity index (χ4n) is 10.8. The molecule has 0 spiro atoms. The predicted octanol–water partition coefficient (Wildman–Crippen LogP) is 8.45. The summed E-state index contributed by atoms with van der Waals surface area (Å²) in [5, 5.41) is 18.4. The highest BCUT2D eigenvalue weighted by molar-refractivity contribution is 5.88. The van der Waals surface area contributed by atoms with Gasteiger partial charge in [-0.05, 0) is 123 Å². The number of carbonyl (C=O) groups excluding carboxylic acids is 2. The van der Waals surface area contributed by atoms with Crippen LogP contribution < -0.4 is 0 Å². The Bertz CT molecular complexity index is 1020. The number of aliphatic hydroxyl groups is 2. The number of fused-ring (bicyclic) bond motifs is 5. The zero-order valence-corrected chi connectivity index (χ0v) is 29.7. The Morgan fingerprint density at radius 2 is 1.39 bits per heavy atom. The Kier molecular flexibility index (Phi) is 13.4. The monoisotopic (exact) mass is 642 g/mol. The number of ether oxygens (including phenoxy) is 2. The molecule has 0 radical (unpaired) electrons. The van der Waals surface area contributed by atoms with Crippen molar-refractivity contribution < 1.29 is 29.3 Å². The first-order chi connectivity index (χ1) is 21.9. The molecule has 6 nitrogen and oxygen atoms in total. The minimum atomic E-state index is -0.626. The summed E-state index contributed by atoms with van der Waals surface area (Å²) >= 11 is 0. The lowest BCUT2D eigenvalue weighted by Gasteiger charge is -2.61. The standard InChI is InChI=1S/C40H66O6/c1-27(2)10-7-8-13-32-15-17-35-34-16-14-33-22-30(18-20-40(33,6)36(34)19-21-39(32,35)5)11-9-12-31(25-45-37(43)28(3)23-41)26-46-38(44)29(4)24-42/h27,30-36,41-42H,3-4,7-26H2,1-2,5-6H3/t30-,32-,33?,34-,35?,36?,39+,40-/m0/s1. The molecule has 0 amide bonds. The lowest BCUT2D eigenvalue weighted by molar-refractivity contribution is -0.144. The molecular weight excluding hydrogens is 576 g/mol. The lowest BCUT2D eigenvalue weighted by atomic mass is 9.44. The second-order valence-electron chi connectivity index (χ2n) is 16.8. The minimum Gasteiger partial charge on any atom is -0.462 e. The Morgan fingerprint density at radius 1 is 0.761 bits per heavy atom. The molecular formula is C40H66O6. The van der Waals surface area contributed by atoms with Crippen molar-refractivity contribution in [2.24, 2.45) is 58.2 Å². The summed E-state index contributed by atoms with van der Waals surface area (Å²) in [5.41, 5.74) is 1.09. The van der Waals surface area contributed by atoms with Gasteiger partial charge in [-0.1, -0.05) is 73.0 Å². The number of hydrogen-bond acceptors (Lipinski definition) is 6. The molecule has 0 aromatic rings. The third-order valence-corrected chi connectivity index (χ3v) is 13.6. The average molecular weight is 643 g/mol. The third kappa shape index (κ3) is 8.67. The van der Waals surface area contributed by atoms with Gasteiger partial charge < -0.3 is 19.7 Å². The third-order valence-electron chi connectivity index (χ3n) is 13.6. The highest BCUT2D eigenvalue weighted by atomic mass is 16.5. The molecule has 0 aliphatic heterocycles. The van der Waals surface area contributed by atoms with Gasteiger partial charge in [-0.25, -0.2) is 9.59 Å². The van der Waals surface area contributed by atoms with Crippen LogP contribution in [0.1, 0.15) is 130 Å². The quantitative estimate of drug-likeness (QED) is 0.0940. The van der Waals surface area contributed by atoms with Gasteiger partial charge in [0.1, 0.15) is 0 Å². The van der Waals surface area contributed by atoms with Crippen molar-refractivity contribution in [3.05, 3.63) is 24.3 Å². The Labute approximate surface area is 280 Å². The van der Waals surface area contributed by atoms with Crippen LogP contribution in [0.4, 0.5) is 0 Å². The van der Waals surface area contributed by atoms with Crippen molar-refractivity contribution in [1.82, 2.24) is 0 Å². The molecule has 4 rings (SSSR count). The second kappa shape index (κ2) is 16.6. The van der Waals surface area contributed by atoms with Crippen molar-refractivity contribution in [2.75, 3.05) is 26.4 Å². The zero-order valence-electron chi connectivity index (χ0n) is 29.7. The molecule has 0 heterocycles.